The maximum absolute atomic E-state index is 13.6. The molecule has 0 radical (unpaired) electrons. The van der Waals surface area contributed by atoms with Gasteiger partial charge in [0.25, 0.3) is 0 Å². The van der Waals surface area contributed by atoms with Crippen molar-refractivity contribution in [1.29, 1.82) is 0 Å². The molecule has 0 aliphatic rings. The Kier molecular flexibility index (Phi) is 4.79. The first-order valence-electron chi connectivity index (χ1n) is 6.72. The first-order chi connectivity index (χ1) is 9.47. The molecule has 0 saturated carbocycles. The quantitative estimate of drug-likeness (QED) is 0.841. The van der Waals surface area contributed by atoms with E-state index in [0.717, 1.165) is 22.7 Å². The minimum absolute atomic E-state index is 0.0974. The molecule has 1 unspecified atom stereocenters. The summed E-state index contributed by atoms with van der Waals surface area (Å²) in [5.74, 6) is -0.154. The monoisotopic (exact) mass is 291 g/mol. The average Bonchev–Trinajstić information content (AvgIpc) is 2.40. The molecule has 0 heterocycles. The number of hydrogen-bond donors (Lipinski definition) is 1. The van der Waals surface area contributed by atoms with Crippen molar-refractivity contribution in [3.8, 4) is 0 Å². The van der Waals surface area contributed by atoms with Crippen molar-refractivity contribution in [2.24, 2.45) is 0 Å². The summed E-state index contributed by atoms with van der Waals surface area (Å²) < 4.78 is 13.6. The lowest BCUT2D eigenvalue weighted by Gasteiger charge is -2.16. The lowest BCUT2D eigenvalue weighted by molar-refractivity contribution is 0.562. The third-order valence-electron chi connectivity index (χ3n) is 3.60. The molecule has 0 fully saturated rings. The van der Waals surface area contributed by atoms with E-state index in [1.165, 1.54) is 5.56 Å². The molecule has 2 rings (SSSR count). The zero-order chi connectivity index (χ0) is 14.7. The largest absolute Gasteiger partial charge is 0.306 e. The Bertz CT molecular complexity index is 610. The highest BCUT2D eigenvalue weighted by Crippen LogP contribution is 2.19. The van der Waals surface area contributed by atoms with Gasteiger partial charge in [0.2, 0.25) is 0 Å². The Hall–Kier alpha value is -1.38. The van der Waals surface area contributed by atoms with Crippen molar-refractivity contribution in [1.82, 2.24) is 5.32 Å². The molecule has 0 bridgehead atoms. The fourth-order valence-corrected chi connectivity index (χ4v) is 2.34. The van der Waals surface area contributed by atoms with Crippen LogP contribution in [0.2, 0.25) is 5.02 Å². The van der Waals surface area contributed by atoms with Crippen LogP contribution in [0.1, 0.15) is 35.2 Å². The number of rotatable bonds is 4. The molecule has 0 spiro atoms. The normalized spacial score (nSPS) is 12.4. The van der Waals surface area contributed by atoms with Crippen LogP contribution < -0.4 is 5.32 Å². The first kappa shape index (κ1) is 15.0. The van der Waals surface area contributed by atoms with Crippen LogP contribution in [0.15, 0.2) is 36.4 Å². The van der Waals surface area contributed by atoms with Crippen LogP contribution in [0.25, 0.3) is 0 Å². The first-order valence-corrected chi connectivity index (χ1v) is 7.09. The minimum Gasteiger partial charge on any atom is -0.306 e. The van der Waals surface area contributed by atoms with Gasteiger partial charge in [-0.3, -0.25) is 0 Å². The van der Waals surface area contributed by atoms with Crippen LogP contribution in [-0.2, 0) is 6.54 Å². The molecule has 20 heavy (non-hydrogen) atoms. The maximum atomic E-state index is 13.6. The summed E-state index contributed by atoms with van der Waals surface area (Å²) in [6.07, 6.45) is 0. The average molecular weight is 292 g/mol. The predicted molar refractivity (Wildman–Crippen MR) is 82.6 cm³/mol. The summed E-state index contributed by atoms with van der Waals surface area (Å²) >= 11 is 5.95. The smallest absolute Gasteiger partial charge is 0.126 e. The van der Waals surface area contributed by atoms with E-state index in [1.54, 1.807) is 13.0 Å². The van der Waals surface area contributed by atoms with Crippen molar-refractivity contribution in [2.45, 2.75) is 33.4 Å². The second kappa shape index (κ2) is 6.38. The van der Waals surface area contributed by atoms with E-state index in [1.807, 2.05) is 44.2 Å². The Balaban J connectivity index is 2.04. The number of aryl methyl sites for hydroxylation is 2. The van der Waals surface area contributed by atoms with E-state index in [9.17, 15) is 4.39 Å². The third kappa shape index (κ3) is 3.59. The SMILES string of the molecule is Cc1ccc(C(C)NCc2ccc(Cl)cc2C)cc1F. The van der Waals surface area contributed by atoms with Gasteiger partial charge in [0, 0.05) is 17.6 Å². The van der Waals surface area contributed by atoms with Crippen LogP contribution in [-0.4, -0.2) is 0 Å². The van der Waals surface area contributed by atoms with E-state index < -0.39 is 0 Å². The predicted octanol–water partition coefficient (Wildman–Crippen LogP) is 4.95. The second-order valence-corrected chi connectivity index (χ2v) is 5.62. The summed E-state index contributed by atoms with van der Waals surface area (Å²) in [5.41, 5.74) is 4.00. The van der Waals surface area contributed by atoms with Gasteiger partial charge in [-0.25, -0.2) is 4.39 Å². The minimum atomic E-state index is -0.154. The van der Waals surface area contributed by atoms with E-state index in [4.69, 9.17) is 11.6 Å². The van der Waals surface area contributed by atoms with Gasteiger partial charge in [0.05, 0.1) is 0 Å². The molecule has 1 atom stereocenters. The van der Waals surface area contributed by atoms with Gasteiger partial charge in [0.1, 0.15) is 5.82 Å². The highest BCUT2D eigenvalue weighted by atomic mass is 35.5. The molecule has 3 heteroatoms. The van der Waals surface area contributed by atoms with Crippen molar-refractivity contribution >= 4 is 11.6 Å². The molecule has 0 aliphatic heterocycles. The second-order valence-electron chi connectivity index (χ2n) is 5.18. The standard InChI is InChI=1S/C17H19ClFN/c1-11-4-5-14(9-17(11)19)13(3)20-10-15-6-7-16(18)8-12(15)2/h4-9,13,20H,10H2,1-3H3. The number of benzene rings is 2. The molecule has 1 N–H and O–H groups in total. The van der Waals surface area contributed by atoms with Crippen LogP contribution >= 0.6 is 11.6 Å². The van der Waals surface area contributed by atoms with Crippen molar-refractivity contribution in [3.63, 3.8) is 0 Å². The Morgan fingerprint density at radius 1 is 1.10 bits per heavy atom. The van der Waals surface area contributed by atoms with Gasteiger partial charge in [-0.1, -0.05) is 29.8 Å². The van der Waals surface area contributed by atoms with Crippen molar-refractivity contribution in [3.05, 3.63) is 69.5 Å². The van der Waals surface area contributed by atoms with Gasteiger partial charge in [-0.15, -0.1) is 0 Å². The third-order valence-corrected chi connectivity index (χ3v) is 3.83. The highest BCUT2D eigenvalue weighted by Gasteiger charge is 2.08. The zero-order valence-corrected chi connectivity index (χ0v) is 12.8. The molecule has 0 saturated heterocycles. The fourth-order valence-electron chi connectivity index (χ4n) is 2.12. The van der Waals surface area contributed by atoms with E-state index >= 15 is 0 Å². The van der Waals surface area contributed by atoms with Crippen LogP contribution in [0, 0.1) is 19.7 Å². The number of nitrogens with one attached hydrogen (secondary N) is 1. The summed E-state index contributed by atoms with van der Waals surface area (Å²) in [4.78, 5) is 0. The topological polar surface area (TPSA) is 12.0 Å². The summed E-state index contributed by atoms with van der Waals surface area (Å²) in [6, 6.07) is 11.3. The van der Waals surface area contributed by atoms with Gasteiger partial charge in [-0.05, 0) is 61.2 Å². The molecular formula is C17H19ClFN. The van der Waals surface area contributed by atoms with E-state index in [2.05, 4.69) is 5.32 Å². The summed E-state index contributed by atoms with van der Waals surface area (Å²) in [5, 5.41) is 4.16. The highest BCUT2D eigenvalue weighted by molar-refractivity contribution is 6.30. The van der Waals surface area contributed by atoms with Crippen LogP contribution in [0.5, 0.6) is 0 Å². The molecule has 0 aromatic heterocycles. The Labute approximate surface area is 124 Å². The van der Waals surface area contributed by atoms with Gasteiger partial charge >= 0.3 is 0 Å². The maximum Gasteiger partial charge on any atom is 0.126 e. The zero-order valence-electron chi connectivity index (χ0n) is 12.0. The molecule has 2 aromatic carbocycles. The molecule has 106 valence electrons. The molecule has 2 aromatic rings. The van der Waals surface area contributed by atoms with Crippen molar-refractivity contribution in [2.75, 3.05) is 0 Å². The van der Waals surface area contributed by atoms with Crippen LogP contribution in [0.3, 0.4) is 0 Å². The molecule has 0 aliphatic carbocycles. The Morgan fingerprint density at radius 2 is 1.85 bits per heavy atom. The van der Waals surface area contributed by atoms with E-state index in [0.29, 0.717) is 5.56 Å². The Morgan fingerprint density at radius 3 is 2.50 bits per heavy atom. The lowest BCUT2D eigenvalue weighted by Crippen LogP contribution is -2.18. The lowest BCUT2D eigenvalue weighted by atomic mass is 10.0. The van der Waals surface area contributed by atoms with E-state index in [-0.39, 0.29) is 11.9 Å². The van der Waals surface area contributed by atoms with Gasteiger partial charge in [-0.2, -0.15) is 0 Å². The van der Waals surface area contributed by atoms with Gasteiger partial charge in [0.15, 0.2) is 0 Å². The van der Waals surface area contributed by atoms with Crippen LogP contribution in [0.4, 0.5) is 4.39 Å². The summed E-state index contributed by atoms with van der Waals surface area (Å²) in [6.45, 7) is 6.59. The molecule has 1 nitrogen and oxygen atoms in total. The number of hydrogen-bond acceptors (Lipinski definition) is 1. The molecular weight excluding hydrogens is 273 g/mol. The van der Waals surface area contributed by atoms with Crippen molar-refractivity contribution < 1.29 is 4.39 Å². The summed E-state index contributed by atoms with van der Waals surface area (Å²) in [7, 11) is 0. The fraction of sp³-hybridized carbons (Fsp3) is 0.294. The van der Waals surface area contributed by atoms with Gasteiger partial charge < -0.3 is 5.32 Å². The number of halogens is 2. The molecule has 0 amide bonds.